The number of likely N-dealkylation sites (tertiary alicyclic amines) is 2. The van der Waals surface area contributed by atoms with Crippen LogP contribution in [0.5, 0.6) is 0 Å². The van der Waals surface area contributed by atoms with Crippen molar-refractivity contribution in [2.75, 3.05) is 26.2 Å². The lowest BCUT2D eigenvalue weighted by atomic mass is 9.92. The molecule has 2 fully saturated rings. The van der Waals surface area contributed by atoms with Crippen LogP contribution in [0, 0.1) is 25.7 Å². The molecule has 4 rings (SSSR count). The molecular formula is C33H54F2N6O8S2. The van der Waals surface area contributed by atoms with Crippen molar-refractivity contribution < 1.29 is 44.7 Å². The molecule has 2 atom stereocenters. The number of hydrogen-bond donors (Lipinski definition) is 0. The summed E-state index contributed by atoms with van der Waals surface area (Å²) < 4.78 is 94.4. The fraction of sp³-hybridized carbons (Fsp3) is 0.758. The molecule has 0 saturated carbocycles. The Morgan fingerprint density at radius 1 is 0.745 bits per heavy atom. The number of sulfone groups is 2. The molecule has 2 unspecified atom stereocenters. The molecule has 2 aromatic rings. The van der Waals surface area contributed by atoms with Crippen LogP contribution in [0.15, 0.2) is 22.2 Å². The normalized spacial score (nSPS) is 18.8. The highest BCUT2D eigenvalue weighted by Crippen LogP contribution is 2.40. The number of aryl methyl sites for hydroxylation is 4. The van der Waals surface area contributed by atoms with Gasteiger partial charge in [0.2, 0.25) is 30.2 Å². The van der Waals surface area contributed by atoms with Gasteiger partial charge >= 0.3 is 12.2 Å². The highest BCUT2D eigenvalue weighted by molar-refractivity contribution is 7.92. The van der Waals surface area contributed by atoms with E-state index in [2.05, 4.69) is 10.2 Å². The minimum atomic E-state index is -4.20. The van der Waals surface area contributed by atoms with Crippen molar-refractivity contribution in [3.8, 4) is 0 Å². The summed E-state index contributed by atoms with van der Waals surface area (Å²) in [5, 5.41) is 5.55. The summed E-state index contributed by atoms with van der Waals surface area (Å²) in [5.41, 5.74) is -2.64. The number of amides is 2. The third kappa shape index (κ3) is 10.2. The van der Waals surface area contributed by atoms with Crippen molar-refractivity contribution in [2.45, 2.75) is 119 Å². The van der Waals surface area contributed by atoms with Crippen molar-refractivity contribution in [1.82, 2.24) is 29.4 Å². The Kier molecular flexibility index (Phi) is 12.7. The number of hydrogen-bond acceptors (Lipinski definition) is 10. The van der Waals surface area contributed by atoms with Crippen LogP contribution in [0.2, 0.25) is 0 Å². The van der Waals surface area contributed by atoms with Crippen LogP contribution in [0.3, 0.4) is 0 Å². The van der Waals surface area contributed by atoms with Crippen LogP contribution in [0.4, 0.5) is 18.4 Å². The second-order valence-electron chi connectivity index (χ2n) is 15.4. The van der Waals surface area contributed by atoms with Crippen molar-refractivity contribution >= 4 is 31.9 Å². The van der Waals surface area contributed by atoms with Gasteiger partial charge in [-0.3, -0.25) is 9.36 Å². The Balaban J connectivity index is 0.000000276. The molecule has 2 aliphatic heterocycles. The summed E-state index contributed by atoms with van der Waals surface area (Å²) in [5.74, 6) is -1.35. The highest BCUT2D eigenvalue weighted by Gasteiger charge is 2.50. The molecule has 51 heavy (non-hydrogen) atoms. The third-order valence-corrected chi connectivity index (χ3v) is 13.1. The summed E-state index contributed by atoms with van der Waals surface area (Å²) >= 11 is 0. The first-order valence-corrected chi connectivity index (χ1v) is 20.0. The van der Waals surface area contributed by atoms with Gasteiger partial charge in [0.1, 0.15) is 21.0 Å². The van der Waals surface area contributed by atoms with E-state index in [-0.39, 0.29) is 73.0 Å². The Hall–Kier alpha value is -3.28. The summed E-state index contributed by atoms with van der Waals surface area (Å²) in [6.07, 6.45) is 2.81. The number of ether oxygens (including phenoxy) is 2. The molecule has 290 valence electrons. The van der Waals surface area contributed by atoms with E-state index in [4.69, 9.17) is 9.47 Å². The molecule has 4 heterocycles. The maximum Gasteiger partial charge on any atom is 0.410 e. The first-order chi connectivity index (χ1) is 23.2. The zero-order chi connectivity index (χ0) is 38.9. The monoisotopic (exact) mass is 764 g/mol. The molecule has 0 N–H and O–H groups in total. The van der Waals surface area contributed by atoms with Gasteiger partial charge in [-0.25, -0.2) is 35.2 Å². The molecule has 2 aliphatic rings. The number of halogens is 2. The van der Waals surface area contributed by atoms with E-state index >= 15 is 4.39 Å². The SMILES string of the molecule is Cc1nn(C)cc1S(=O)(=O)C(C)(F)C1CCN(C(=O)OC(C)(C)C)CC1.Cc1nn(C)cc1S(=O)(=O)C(F)C1CCN(C(=O)OC(C)(C)C)CC1. The maximum atomic E-state index is 15.5. The molecule has 2 amide bonds. The lowest BCUT2D eigenvalue weighted by molar-refractivity contribution is 0.0128. The number of rotatable bonds is 6. The van der Waals surface area contributed by atoms with Gasteiger partial charge in [0, 0.05) is 64.5 Å². The van der Waals surface area contributed by atoms with Crippen LogP contribution in [0.1, 0.15) is 85.5 Å². The lowest BCUT2D eigenvalue weighted by Crippen LogP contribution is -2.48. The Morgan fingerprint density at radius 3 is 1.47 bits per heavy atom. The minimum Gasteiger partial charge on any atom is -0.444 e. The predicted molar refractivity (Wildman–Crippen MR) is 186 cm³/mol. The first-order valence-electron chi connectivity index (χ1n) is 16.9. The number of aromatic nitrogens is 4. The van der Waals surface area contributed by atoms with E-state index in [1.807, 2.05) is 0 Å². The molecule has 2 saturated heterocycles. The zero-order valence-corrected chi connectivity index (χ0v) is 33.2. The first kappa shape index (κ1) is 42.1. The second kappa shape index (κ2) is 15.4. The van der Waals surface area contributed by atoms with Gasteiger partial charge in [-0.1, -0.05) is 0 Å². The van der Waals surface area contributed by atoms with Gasteiger partial charge < -0.3 is 19.3 Å². The number of carbonyl (C=O) groups is 2. The van der Waals surface area contributed by atoms with E-state index in [0.29, 0.717) is 0 Å². The molecular weight excluding hydrogens is 711 g/mol. The van der Waals surface area contributed by atoms with Gasteiger partial charge in [0.15, 0.2) is 0 Å². The smallest absolute Gasteiger partial charge is 0.410 e. The molecule has 0 aromatic carbocycles. The van der Waals surface area contributed by atoms with Gasteiger partial charge in [-0.05, 0) is 88.0 Å². The van der Waals surface area contributed by atoms with Crippen LogP contribution in [-0.2, 0) is 43.2 Å². The zero-order valence-electron chi connectivity index (χ0n) is 31.6. The fourth-order valence-electron chi connectivity index (χ4n) is 6.08. The third-order valence-electron chi connectivity index (χ3n) is 8.79. The number of carbonyl (C=O) groups excluding carboxylic acids is 2. The van der Waals surface area contributed by atoms with Crippen molar-refractivity contribution in [2.24, 2.45) is 25.9 Å². The number of alkyl halides is 2. The number of piperidine rings is 2. The van der Waals surface area contributed by atoms with E-state index in [0.717, 1.165) is 6.92 Å². The van der Waals surface area contributed by atoms with Gasteiger partial charge in [-0.2, -0.15) is 10.2 Å². The highest BCUT2D eigenvalue weighted by atomic mass is 32.2. The van der Waals surface area contributed by atoms with Crippen LogP contribution in [0.25, 0.3) is 0 Å². The van der Waals surface area contributed by atoms with Crippen molar-refractivity contribution in [1.29, 1.82) is 0 Å². The van der Waals surface area contributed by atoms with E-state index in [1.165, 1.54) is 31.6 Å². The molecule has 2 aromatic heterocycles. The van der Waals surface area contributed by atoms with Gasteiger partial charge in [0.05, 0.1) is 11.4 Å². The van der Waals surface area contributed by atoms with E-state index in [1.54, 1.807) is 69.5 Å². The van der Waals surface area contributed by atoms with E-state index in [9.17, 15) is 30.8 Å². The Morgan fingerprint density at radius 2 is 1.12 bits per heavy atom. The topological polar surface area (TPSA) is 163 Å². The van der Waals surface area contributed by atoms with E-state index < -0.39 is 65.4 Å². The molecule has 18 heteroatoms. The Bertz CT molecular complexity index is 1760. The second-order valence-corrected chi connectivity index (χ2v) is 19.7. The molecule has 0 radical (unpaired) electrons. The summed E-state index contributed by atoms with van der Waals surface area (Å²) in [4.78, 5) is 27.0. The van der Waals surface area contributed by atoms with Crippen LogP contribution >= 0.6 is 0 Å². The Labute approximate surface area is 300 Å². The average Bonchev–Trinajstić information content (AvgIpc) is 3.54. The predicted octanol–water partition coefficient (Wildman–Crippen LogP) is 5.28. The quantitative estimate of drug-likeness (QED) is 0.378. The van der Waals surface area contributed by atoms with Crippen LogP contribution in [-0.4, -0.2) is 106 Å². The van der Waals surface area contributed by atoms with Crippen molar-refractivity contribution in [3.63, 3.8) is 0 Å². The molecule has 0 aliphatic carbocycles. The molecule has 0 spiro atoms. The van der Waals surface area contributed by atoms with Crippen molar-refractivity contribution in [3.05, 3.63) is 23.8 Å². The summed E-state index contributed by atoms with van der Waals surface area (Å²) in [6, 6.07) is 0. The van der Waals surface area contributed by atoms with Gasteiger partial charge in [0.25, 0.3) is 0 Å². The average molecular weight is 765 g/mol. The standard InChI is InChI=1S/C17H28FN3O4S.C16H26FN3O4S/c1-12-14(11-20(6)19-12)26(23,24)17(5,18)13-7-9-21(10-8-13)15(22)25-16(2,3)4;1-11-13(10-19(5)18-11)25(22,23)14(17)12-6-8-20(9-7-12)15(21)24-16(2,3)4/h11,13H,7-10H2,1-6H3;10,12,14H,6-9H2,1-5H3. The summed E-state index contributed by atoms with van der Waals surface area (Å²) in [6.45, 7) is 16.0. The minimum absolute atomic E-state index is 0.0722. The largest absolute Gasteiger partial charge is 0.444 e. The summed E-state index contributed by atoms with van der Waals surface area (Å²) in [7, 11) is -5.10. The van der Waals surface area contributed by atoms with Crippen LogP contribution < -0.4 is 0 Å². The lowest BCUT2D eigenvalue weighted by Gasteiger charge is -2.37. The molecule has 14 nitrogen and oxygen atoms in total. The fourth-order valence-corrected chi connectivity index (χ4v) is 9.68. The number of nitrogens with zero attached hydrogens (tertiary/aromatic N) is 6. The molecule has 0 bridgehead atoms. The van der Waals surface area contributed by atoms with Gasteiger partial charge in [-0.15, -0.1) is 0 Å². The maximum absolute atomic E-state index is 15.5.